The van der Waals surface area contributed by atoms with Crippen molar-refractivity contribution >= 4 is 5.91 Å². The quantitative estimate of drug-likeness (QED) is 0.858. The number of morpholine rings is 1. The number of aromatic nitrogens is 2. The van der Waals surface area contributed by atoms with E-state index in [2.05, 4.69) is 9.97 Å². The van der Waals surface area contributed by atoms with E-state index in [1.165, 1.54) is 0 Å². The lowest BCUT2D eigenvalue weighted by Crippen LogP contribution is -2.54. The summed E-state index contributed by atoms with van der Waals surface area (Å²) in [4.78, 5) is 23.3. The number of ether oxygens (including phenoxy) is 2. The highest BCUT2D eigenvalue weighted by molar-refractivity contribution is 5.92. The van der Waals surface area contributed by atoms with Gasteiger partial charge in [0, 0.05) is 18.4 Å². The summed E-state index contributed by atoms with van der Waals surface area (Å²) in [5.41, 5.74) is 1.34. The van der Waals surface area contributed by atoms with E-state index in [1.54, 1.807) is 18.5 Å². The van der Waals surface area contributed by atoms with Crippen molar-refractivity contribution in [2.24, 2.45) is 0 Å². The fourth-order valence-corrected chi connectivity index (χ4v) is 3.69. The van der Waals surface area contributed by atoms with Crippen molar-refractivity contribution in [3.05, 3.63) is 54.1 Å². The topological polar surface area (TPSA) is 64.6 Å². The Kier molecular flexibility index (Phi) is 4.36. The predicted molar refractivity (Wildman–Crippen MR) is 91.4 cm³/mol. The lowest BCUT2D eigenvalue weighted by atomic mass is 10.1. The van der Waals surface area contributed by atoms with Crippen LogP contribution in [0.3, 0.4) is 0 Å². The number of hydrogen-bond donors (Lipinski definition) is 0. The summed E-state index contributed by atoms with van der Waals surface area (Å²) in [5.74, 6) is 0.713. The van der Waals surface area contributed by atoms with Crippen molar-refractivity contribution in [2.45, 2.75) is 38.0 Å². The fourth-order valence-electron chi connectivity index (χ4n) is 3.69. The maximum atomic E-state index is 12.9. The molecule has 2 aromatic rings. The van der Waals surface area contributed by atoms with Crippen LogP contribution in [0.15, 0.2) is 42.7 Å². The molecule has 0 radical (unpaired) electrons. The Hall–Kier alpha value is -2.47. The minimum atomic E-state index is -0.109. The van der Waals surface area contributed by atoms with Crippen LogP contribution >= 0.6 is 0 Å². The van der Waals surface area contributed by atoms with E-state index >= 15 is 0 Å². The van der Waals surface area contributed by atoms with Crippen LogP contribution in [0.25, 0.3) is 0 Å². The molecule has 1 aliphatic carbocycles. The largest absolute Gasteiger partial charge is 0.486 e. The predicted octanol–water partition coefficient (Wildman–Crippen LogP) is 2.24. The summed E-state index contributed by atoms with van der Waals surface area (Å²) in [5, 5.41) is 0. The summed E-state index contributed by atoms with van der Waals surface area (Å²) in [6.45, 7) is 3.01. The Morgan fingerprint density at radius 2 is 2.20 bits per heavy atom. The van der Waals surface area contributed by atoms with Crippen LogP contribution in [0.2, 0.25) is 0 Å². The van der Waals surface area contributed by atoms with E-state index in [9.17, 15) is 4.79 Å². The molecule has 6 heteroatoms. The van der Waals surface area contributed by atoms with Crippen LogP contribution in [0.5, 0.6) is 5.75 Å². The van der Waals surface area contributed by atoms with Crippen molar-refractivity contribution in [3.63, 3.8) is 0 Å². The second kappa shape index (κ2) is 6.80. The lowest BCUT2D eigenvalue weighted by molar-refractivity contribution is -0.0787. The molecule has 1 aliphatic heterocycles. The Balaban J connectivity index is 1.50. The Morgan fingerprint density at radius 3 is 3.00 bits per heavy atom. The van der Waals surface area contributed by atoms with Gasteiger partial charge in [-0.25, -0.2) is 4.98 Å². The van der Waals surface area contributed by atoms with Gasteiger partial charge in [-0.2, -0.15) is 0 Å². The van der Waals surface area contributed by atoms with Crippen molar-refractivity contribution < 1.29 is 14.3 Å². The molecule has 2 aliphatic rings. The molecule has 1 saturated carbocycles. The molecule has 130 valence electrons. The molecule has 25 heavy (non-hydrogen) atoms. The van der Waals surface area contributed by atoms with Gasteiger partial charge in [0.15, 0.2) is 0 Å². The number of pyridine rings is 2. The number of hydrogen-bond acceptors (Lipinski definition) is 5. The number of aryl methyl sites for hydroxylation is 1. The van der Waals surface area contributed by atoms with Crippen LogP contribution in [0, 0.1) is 6.92 Å². The van der Waals surface area contributed by atoms with Gasteiger partial charge in [0.1, 0.15) is 23.7 Å². The summed E-state index contributed by atoms with van der Waals surface area (Å²) in [6, 6.07) is 9.32. The third-order valence-electron chi connectivity index (χ3n) is 4.83. The molecule has 4 rings (SSSR count). The van der Waals surface area contributed by atoms with Gasteiger partial charge in [-0.05, 0) is 44.0 Å². The first kappa shape index (κ1) is 16.0. The normalized spacial score (nSPS) is 25.5. The van der Waals surface area contributed by atoms with Gasteiger partial charge in [-0.3, -0.25) is 9.78 Å². The first-order valence-electron chi connectivity index (χ1n) is 8.65. The maximum Gasteiger partial charge on any atom is 0.272 e. The minimum absolute atomic E-state index is 0.0240. The zero-order chi connectivity index (χ0) is 17.2. The molecule has 0 unspecified atom stereocenters. The van der Waals surface area contributed by atoms with Gasteiger partial charge in [-0.1, -0.05) is 6.07 Å². The van der Waals surface area contributed by atoms with Crippen LogP contribution in [-0.2, 0) is 4.74 Å². The first-order valence-corrected chi connectivity index (χ1v) is 8.65. The summed E-state index contributed by atoms with van der Waals surface area (Å²) in [7, 11) is 0. The number of amides is 1. The molecule has 3 heterocycles. The Bertz CT molecular complexity index is 753. The van der Waals surface area contributed by atoms with Crippen LogP contribution in [-0.4, -0.2) is 52.2 Å². The van der Waals surface area contributed by atoms with E-state index in [0.717, 1.165) is 24.3 Å². The molecule has 2 aromatic heterocycles. The second-order valence-electron chi connectivity index (χ2n) is 6.49. The third-order valence-corrected chi connectivity index (χ3v) is 4.83. The fraction of sp³-hybridized carbons (Fsp3) is 0.421. The minimum Gasteiger partial charge on any atom is -0.486 e. The van der Waals surface area contributed by atoms with Gasteiger partial charge >= 0.3 is 0 Å². The average molecular weight is 339 g/mol. The van der Waals surface area contributed by atoms with Crippen LogP contribution < -0.4 is 4.74 Å². The molecule has 3 atom stereocenters. The highest BCUT2D eigenvalue weighted by Gasteiger charge is 2.46. The maximum absolute atomic E-state index is 12.9. The van der Waals surface area contributed by atoms with Gasteiger partial charge < -0.3 is 14.4 Å². The SMILES string of the molecule is Cc1cccc(C(=O)N2CCO[C@@H]3[C@@H](Oc4cccnc4)CC[C@H]32)n1. The standard InChI is InChI=1S/C19H21N3O3/c1-13-4-2-6-15(21-13)19(23)22-10-11-24-18-16(22)7-8-17(18)25-14-5-3-9-20-12-14/h2-6,9,12,16-18H,7-8,10-11H2,1H3/t16-,17+,18+/m1/s1. The van der Waals surface area contributed by atoms with E-state index in [-0.39, 0.29) is 24.2 Å². The van der Waals surface area contributed by atoms with E-state index in [4.69, 9.17) is 9.47 Å². The van der Waals surface area contributed by atoms with Crippen molar-refractivity contribution in [2.75, 3.05) is 13.2 Å². The number of fused-ring (bicyclic) bond motifs is 1. The zero-order valence-corrected chi connectivity index (χ0v) is 14.2. The van der Waals surface area contributed by atoms with Gasteiger partial charge in [0.2, 0.25) is 0 Å². The monoisotopic (exact) mass is 339 g/mol. The molecule has 1 saturated heterocycles. The van der Waals surface area contributed by atoms with Gasteiger partial charge in [0.05, 0.1) is 18.8 Å². The average Bonchev–Trinajstić information content (AvgIpc) is 3.05. The summed E-state index contributed by atoms with van der Waals surface area (Å²) < 4.78 is 12.0. The van der Waals surface area contributed by atoms with E-state index < -0.39 is 0 Å². The Labute approximate surface area is 146 Å². The number of carbonyl (C=O) groups is 1. The second-order valence-corrected chi connectivity index (χ2v) is 6.49. The molecule has 1 amide bonds. The highest BCUT2D eigenvalue weighted by Crippen LogP contribution is 2.33. The van der Waals surface area contributed by atoms with E-state index in [0.29, 0.717) is 18.8 Å². The van der Waals surface area contributed by atoms with Crippen molar-refractivity contribution in [3.8, 4) is 5.75 Å². The number of carbonyl (C=O) groups excluding carboxylic acids is 1. The smallest absolute Gasteiger partial charge is 0.272 e. The molecule has 2 fully saturated rings. The van der Waals surface area contributed by atoms with E-state index in [1.807, 2.05) is 36.1 Å². The summed E-state index contributed by atoms with van der Waals surface area (Å²) in [6.07, 6.45) is 4.98. The molecule has 0 spiro atoms. The molecule has 0 N–H and O–H groups in total. The van der Waals surface area contributed by atoms with Crippen LogP contribution in [0.4, 0.5) is 0 Å². The van der Waals surface area contributed by atoms with Gasteiger partial charge in [0.25, 0.3) is 5.91 Å². The number of rotatable bonds is 3. The van der Waals surface area contributed by atoms with Gasteiger partial charge in [-0.15, -0.1) is 0 Å². The summed E-state index contributed by atoms with van der Waals surface area (Å²) >= 11 is 0. The molecule has 0 bridgehead atoms. The number of nitrogens with zero attached hydrogens (tertiary/aromatic N) is 3. The van der Waals surface area contributed by atoms with Crippen molar-refractivity contribution in [1.82, 2.24) is 14.9 Å². The highest BCUT2D eigenvalue weighted by atomic mass is 16.5. The lowest BCUT2D eigenvalue weighted by Gasteiger charge is -2.38. The third kappa shape index (κ3) is 3.22. The Morgan fingerprint density at radius 1 is 1.28 bits per heavy atom. The molecular formula is C19H21N3O3. The molecule has 6 nitrogen and oxygen atoms in total. The molecular weight excluding hydrogens is 318 g/mol. The first-order chi connectivity index (χ1) is 12.2. The zero-order valence-electron chi connectivity index (χ0n) is 14.2. The molecule has 0 aromatic carbocycles. The van der Waals surface area contributed by atoms with Crippen molar-refractivity contribution in [1.29, 1.82) is 0 Å². The van der Waals surface area contributed by atoms with Crippen LogP contribution in [0.1, 0.15) is 29.0 Å².